The van der Waals surface area contributed by atoms with Crippen molar-refractivity contribution in [2.24, 2.45) is 23.7 Å². The molecule has 0 bridgehead atoms. The van der Waals surface area contributed by atoms with Gasteiger partial charge in [0.25, 0.3) is 5.91 Å². The molecule has 1 heterocycles. The van der Waals surface area contributed by atoms with E-state index in [4.69, 9.17) is 9.47 Å². The molecule has 1 fully saturated rings. The summed E-state index contributed by atoms with van der Waals surface area (Å²) in [6, 6.07) is 6.83. The number of benzene rings is 1. The fraction of sp³-hybridized carbons (Fsp3) is 0.744. The molecular weight excluding hydrogens is 650 g/mol. The number of hydrogen-bond donors (Lipinski definition) is 4. The van der Waals surface area contributed by atoms with Gasteiger partial charge in [0.15, 0.2) is 6.04 Å². The molecule has 10 atom stereocenters. The minimum Gasteiger partial charge on any atom is -0.386 e. The molecule has 5 N–H and O–H groups in total. The Morgan fingerprint density at radius 2 is 1.59 bits per heavy atom. The molecule has 0 saturated carbocycles. The van der Waals surface area contributed by atoms with E-state index in [1.54, 1.807) is 44.9 Å². The topological polar surface area (TPSA) is 154 Å². The smallest absolute Gasteiger partial charge is 0.279 e. The number of nitrogens with one attached hydrogen (secondary N) is 2. The highest BCUT2D eigenvalue weighted by atomic mass is 16.5. The van der Waals surface area contributed by atoms with E-state index in [1.165, 1.54) is 0 Å². The van der Waals surface area contributed by atoms with Crippen molar-refractivity contribution in [2.75, 3.05) is 34.9 Å². The van der Waals surface area contributed by atoms with Gasteiger partial charge >= 0.3 is 0 Å². The summed E-state index contributed by atoms with van der Waals surface area (Å²) in [6.07, 6.45) is 0.172. The second kappa shape index (κ2) is 20.8. The predicted octanol–water partition coefficient (Wildman–Crippen LogP) is 2.50. The summed E-state index contributed by atoms with van der Waals surface area (Å²) in [5.41, 5.74) is 0.712. The van der Waals surface area contributed by atoms with Crippen molar-refractivity contribution in [3.8, 4) is 0 Å². The van der Waals surface area contributed by atoms with Gasteiger partial charge in [-0.15, -0.1) is 0 Å². The van der Waals surface area contributed by atoms with Gasteiger partial charge < -0.3 is 40.3 Å². The average Bonchev–Trinajstić information content (AvgIpc) is 3.59. The molecule has 2 unspecified atom stereocenters. The third-order valence-corrected chi connectivity index (χ3v) is 10.9. The molecule has 12 heteroatoms. The zero-order chi connectivity index (χ0) is 38.6. The SMILES string of the molecule is CC[C@H](C)[C@@H](C(CC(=O)N1CCC[C@H]1[C@H](OC)[C@@H](C)C(=O)N[C@H](C)C(O)c1ccccc1)OC)N(C)C(=O)[C@@H](NC(=O)[C@@H]([NH2+]C)C(C)C)C(C)C. The molecule has 12 nitrogen and oxygen atoms in total. The van der Waals surface area contributed by atoms with E-state index < -0.39 is 42.4 Å². The van der Waals surface area contributed by atoms with Crippen LogP contribution in [0.5, 0.6) is 0 Å². The maximum absolute atomic E-state index is 14.1. The quantitative estimate of drug-likeness (QED) is 0.162. The molecule has 1 aliphatic rings. The summed E-state index contributed by atoms with van der Waals surface area (Å²) in [5, 5.41) is 18.6. The van der Waals surface area contributed by atoms with Crippen LogP contribution in [-0.2, 0) is 28.7 Å². The first-order chi connectivity index (χ1) is 24.0. The number of methoxy groups -OCH3 is 2. The summed E-state index contributed by atoms with van der Waals surface area (Å²) in [6.45, 7) is 16.0. The van der Waals surface area contributed by atoms with Crippen molar-refractivity contribution in [3.63, 3.8) is 0 Å². The Morgan fingerprint density at radius 1 is 0.961 bits per heavy atom. The molecular formula is C39H68N5O7+. The molecule has 2 rings (SSSR count). The highest BCUT2D eigenvalue weighted by Gasteiger charge is 2.43. The van der Waals surface area contributed by atoms with Crippen molar-refractivity contribution in [3.05, 3.63) is 35.9 Å². The molecule has 0 radical (unpaired) electrons. The van der Waals surface area contributed by atoms with Crippen molar-refractivity contribution >= 4 is 23.6 Å². The first kappa shape index (κ1) is 44.1. The molecule has 1 aromatic rings. The van der Waals surface area contributed by atoms with Gasteiger partial charge in [-0.2, -0.15) is 0 Å². The number of nitrogens with zero attached hydrogens (tertiary/aromatic N) is 2. The van der Waals surface area contributed by atoms with E-state index in [2.05, 4.69) is 10.6 Å². The number of quaternary nitrogens is 1. The molecule has 0 spiro atoms. The standard InChI is InChI=1S/C39H67N5O7/c1-13-25(6)34(43(10)39(49)33(24(4)5)42-38(48)32(40-9)23(2)3)30(50-11)22-31(45)44-21-17-20-29(44)36(51-12)26(7)37(47)41-27(8)35(46)28-18-15-14-16-19-28/h14-16,18-19,23-27,29-30,32-36,40,46H,13,17,20-22H2,1-12H3,(H,41,47)(H,42,48)/p+1/t25-,26+,27+,29-,30?,32-,33-,34-,35?,36+/m0/s1. The van der Waals surface area contributed by atoms with E-state index in [9.17, 15) is 24.3 Å². The number of rotatable bonds is 20. The number of carbonyl (C=O) groups excluding carboxylic acids is 4. The fourth-order valence-electron chi connectivity index (χ4n) is 7.50. The van der Waals surface area contributed by atoms with Crippen LogP contribution in [0.2, 0.25) is 0 Å². The number of ether oxygens (including phenoxy) is 2. The van der Waals surface area contributed by atoms with Gasteiger partial charge in [0.1, 0.15) is 6.04 Å². The lowest BCUT2D eigenvalue weighted by atomic mass is 9.89. The van der Waals surface area contributed by atoms with Crippen LogP contribution in [0.25, 0.3) is 0 Å². The minimum atomic E-state index is -0.874. The minimum absolute atomic E-state index is 0.00866. The fourth-order valence-corrected chi connectivity index (χ4v) is 7.50. The second-order valence-electron chi connectivity index (χ2n) is 15.1. The summed E-state index contributed by atoms with van der Waals surface area (Å²) in [4.78, 5) is 58.4. The molecule has 1 saturated heterocycles. The van der Waals surface area contributed by atoms with E-state index in [0.717, 1.165) is 12.8 Å². The van der Waals surface area contributed by atoms with Crippen LogP contribution >= 0.6 is 0 Å². The summed E-state index contributed by atoms with van der Waals surface area (Å²) >= 11 is 0. The molecule has 1 aromatic carbocycles. The third-order valence-electron chi connectivity index (χ3n) is 10.9. The molecule has 51 heavy (non-hydrogen) atoms. The van der Waals surface area contributed by atoms with Gasteiger partial charge in [-0.05, 0) is 37.2 Å². The van der Waals surface area contributed by atoms with Crippen LogP contribution in [-0.4, -0.2) is 116 Å². The van der Waals surface area contributed by atoms with Crippen LogP contribution < -0.4 is 16.0 Å². The Morgan fingerprint density at radius 3 is 2.10 bits per heavy atom. The number of nitrogens with two attached hydrogens (primary N) is 1. The third kappa shape index (κ3) is 11.5. The number of likely N-dealkylation sites (tertiary alicyclic amines) is 1. The van der Waals surface area contributed by atoms with Crippen LogP contribution in [0.15, 0.2) is 30.3 Å². The van der Waals surface area contributed by atoms with Crippen molar-refractivity contribution < 1.29 is 39.1 Å². The van der Waals surface area contributed by atoms with Crippen molar-refractivity contribution in [1.29, 1.82) is 0 Å². The van der Waals surface area contributed by atoms with E-state index in [0.29, 0.717) is 18.5 Å². The van der Waals surface area contributed by atoms with E-state index >= 15 is 0 Å². The number of hydrogen-bond acceptors (Lipinski definition) is 7. The first-order valence-corrected chi connectivity index (χ1v) is 18.8. The second-order valence-corrected chi connectivity index (χ2v) is 15.1. The largest absolute Gasteiger partial charge is 0.386 e. The van der Waals surface area contributed by atoms with Gasteiger partial charge in [-0.1, -0.05) is 85.2 Å². The van der Waals surface area contributed by atoms with Crippen LogP contribution in [0, 0.1) is 23.7 Å². The average molecular weight is 719 g/mol. The molecule has 0 aliphatic carbocycles. The van der Waals surface area contributed by atoms with Crippen molar-refractivity contribution in [2.45, 2.75) is 130 Å². The van der Waals surface area contributed by atoms with Crippen molar-refractivity contribution in [1.82, 2.24) is 20.4 Å². The maximum atomic E-state index is 14.1. The number of aliphatic hydroxyl groups is 1. The lowest BCUT2D eigenvalue weighted by Crippen LogP contribution is -2.90. The lowest BCUT2D eigenvalue weighted by Gasteiger charge is -2.41. The van der Waals surface area contributed by atoms with Gasteiger partial charge in [-0.25, -0.2) is 0 Å². The van der Waals surface area contributed by atoms with Crippen LogP contribution in [0.3, 0.4) is 0 Å². The normalized spacial score (nSPS) is 20.1. The van der Waals surface area contributed by atoms with Gasteiger partial charge in [0.2, 0.25) is 17.7 Å². The Hall–Kier alpha value is -3.06. The molecule has 290 valence electrons. The molecule has 1 aliphatic heterocycles. The number of likely N-dealkylation sites (N-methyl/N-ethyl adjacent to an activating group) is 2. The molecule has 4 amide bonds. The van der Waals surface area contributed by atoms with Gasteiger partial charge in [0.05, 0.1) is 55.8 Å². The Kier molecular flexibility index (Phi) is 18.0. The highest BCUT2D eigenvalue weighted by Crippen LogP contribution is 2.30. The zero-order valence-corrected chi connectivity index (χ0v) is 33.2. The van der Waals surface area contributed by atoms with E-state index in [-0.39, 0.29) is 59.9 Å². The first-order valence-electron chi connectivity index (χ1n) is 18.8. The lowest BCUT2D eigenvalue weighted by molar-refractivity contribution is -0.656. The summed E-state index contributed by atoms with van der Waals surface area (Å²) in [7, 11) is 6.71. The predicted molar refractivity (Wildman–Crippen MR) is 198 cm³/mol. The summed E-state index contributed by atoms with van der Waals surface area (Å²) in [5.74, 6) is -1.47. The van der Waals surface area contributed by atoms with Gasteiger partial charge in [-0.3, -0.25) is 19.2 Å². The zero-order valence-electron chi connectivity index (χ0n) is 33.2. The van der Waals surface area contributed by atoms with Crippen LogP contribution in [0.1, 0.15) is 92.7 Å². The maximum Gasteiger partial charge on any atom is 0.279 e. The Bertz CT molecular complexity index is 1250. The van der Waals surface area contributed by atoms with Crippen LogP contribution in [0.4, 0.5) is 0 Å². The monoisotopic (exact) mass is 719 g/mol. The highest BCUT2D eigenvalue weighted by molar-refractivity contribution is 5.89. The number of carbonyl (C=O) groups is 4. The number of aliphatic hydroxyl groups excluding tert-OH is 1. The van der Waals surface area contributed by atoms with Gasteiger partial charge in [0, 0.05) is 33.7 Å². The van der Waals surface area contributed by atoms with E-state index in [1.807, 2.05) is 84.2 Å². The Balaban J connectivity index is 2.24. The Labute approximate surface area is 306 Å². The molecule has 0 aromatic heterocycles. The summed E-state index contributed by atoms with van der Waals surface area (Å²) < 4.78 is 11.9. The number of amides is 4.